The van der Waals surface area contributed by atoms with Gasteiger partial charge in [0.15, 0.2) is 5.71 Å². The molecule has 2 aromatic rings. The Kier molecular flexibility index (Phi) is 6.10. The molecule has 1 aliphatic carbocycles. The van der Waals surface area contributed by atoms with Gasteiger partial charge in [-0.05, 0) is 85.4 Å². The topological polar surface area (TPSA) is 52.9 Å². The Hall–Kier alpha value is -3.41. The van der Waals surface area contributed by atoms with Crippen LogP contribution in [0.15, 0.2) is 35.9 Å². The molecule has 6 heterocycles. The van der Waals surface area contributed by atoms with Gasteiger partial charge in [0.2, 0.25) is 0 Å². The predicted octanol–water partition coefficient (Wildman–Crippen LogP) is 5.43. The molecule has 9 rings (SSSR count). The smallest absolute Gasteiger partial charge is 0.253 e. The van der Waals surface area contributed by atoms with Crippen molar-refractivity contribution in [3.63, 3.8) is 0 Å². The van der Waals surface area contributed by atoms with Crippen molar-refractivity contribution >= 4 is 28.7 Å². The number of hydrogen-bond acceptors (Lipinski definition) is 4. The minimum absolute atomic E-state index is 0.0435. The Morgan fingerprint density at radius 1 is 0.884 bits per heavy atom. The molecule has 2 aromatic carbocycles. The molecule has 7 aliphatic rings. The van der Waals surface area contributed by atoms with Crippen LogP contribution in [0.2, 0.25) is 0 Å². The number of nitrogens with zero attached hydrogens (tertiary/aromatic N) is 3. The number of ketones is 1. The van der Waals surface area contributed by atoms with Crippen LogP contribution in [-0.4, -0.2) is 72.3 Å². The van der Waals surface area contributed by atoms with Crippen LogP contribution in [0.5, 0.6) is 5.75 Å². The van der Waals surface area contributed by atoms with Crippen LogP contribution < -0.4 is 9.64 Å². The van der Waals surface area contributed by atoms with Gasteiger partial charge in [-0.3, -0.25) is 9.59 Å². The third-order valence-corrected chi connectivity index (χ3v) is 11.6. The lowest BCUT2D eigenvalue weighted by atomic mass is 9.66. The molecule has 6 aliphatic heterocycles. The van der Waals surface area contributed by atoms with E-state index in [0.717, 1.165) is 43.7 Å². The first-order valence-electron chi connectivity index (χ1n) is 17.0. The number of anilines is 1. The van der Waals surface area contributed by atoms with Crippen LogP contribution in [0.3, 0.4) is 0 Å². The number of amides is 1. The highest BCUT2D eigenvalue weighted by molar-refractivity contribution is 5.98. The molecule has 0 radical (unpaired) electrons. The first-order chi connectivity index (χ1) is 21.1. The zero-order valence-electron chi connectivity index (χ0n) is 25.2. The second kappa shape index (κ2) is 10.1. The van der Waals surface area contributed by atoms with Crippen molar-refractivity contribution in [2.45, 2.75) is 76.7 Å². The van der Waals surface area contributed by atoms with Gasteiger partial charge in [-0.2, -0.15) is 0 Å². The molecule has 2 fully saturated rings. The van der Waals surface area contributed by atoms with Crippen LogP contribution in [0.25, 0.3) is 5.57 Å². The first kappa shape index (κ1) is 26.0. The number of hydrogen-bond donors (Lipinski definition) is 0. The summed E-state index contributed by atoms with van der Waals surface area (Å²) >= 11 is 0. The Balaban J connectivity index is 1.19. The number of aryl methyl sites for hydroxylation is 1. The van der Waals surface area contributed by atoms with E-state index in [1.54, 1.807) is 5.71 Å². The largest absolute Gasteiger partial charge is 0.484 e. The maximum absolute atomic E-state index is 13.3. The summed E-state index contributed by atoms with van der Waals surface area (Å²) < 4.78 is 10.0. The zero-order valence-corrected chi connectivity index (χ0v) is 25.2. The molecular formula is C37H42N3O3+. The Bertz CT molecular complexity index is 1590. The van der Waals surface area contributed by atoms with E-state index in [1.165, 1.54) is 90.7 Å². The Morgan fingerprint density at radius 2 is 1.65 bits per heavy atom. The van der Waals surface area contributed by atoms with Crippen molar-refractivity contribution in [1.82, 2.24) is 4.90 Å². The molecule has 1 saturated carbocycles. The molecule has 43 heavy (non-hydrogen) atoms. The fourth-order valence-corrected chi connectivity index (χ4v) is 9.74. The lowest BCUT2D eigenvalue weighted by molar-refractivity contribution is -0.543. The summed E-state index contributed by atoms with van der Waals surface area (Å²) in [5.74, 6) is 2.55. The number of piperidine rings is 1. The molecule has 0 aromatic heterocycles. The van der Waals surface area contributed by atoms with Gasteiger partial charge in [0.1, 0.15) is 30.7 Å². The third-order valence-electron chi connectivity index (χ3n) is 11.6. The lowest BCUT2D eigenvalue weighted by Gasteiger charge is -2.46. The molecule has 0 bridgehead atoms. The normalized spacial score (nSPS) is 27.6. The van der Waals surface area contributed by atoms with Crippen LogP contribution in [0.4, 0.5) is 5.69 Å². The number of ether oxygens (including phenoxy) is 1. The molecule has 3 unspecified atom stereocenters. The van der Waals surface area contributed by atoms with Gasteiger partial charge in [0.25, 0.3) is 5.91 Å². The molecule has 6 heteroatoms. The van der Waals surface area contributed by atoms with Crippen LogP contribution in [-0.2, 0) is 17.6 Å². The van der Waals surface area contributed by atoms with E-state index in [4.69, 9.17) is 4.74 Å². The van der Waals surface area contributed by atoms with Crippen molar-refractivity contribution in [3.05, 3.63) is 63.7 Å². The van der Waals surface area contributed by atoms with E-state index >= 15 is 0 Å². The average Bonchev–Trinajstić information content (AvgIpc) is 3.05. The SMILES string of the molecule is O=C1CCN(C(=O)c2ccc(C3=C4CC5CCC[N+]6=C5C(CCC6)C4Oc4c3cc3c5c4CCCN5CCC3)cc2)CC1. The van der Waals surface area contributed by atoms with Gasteiger partial charge in [-0.25, -0.2) is 4.58 Å². The summed E-state index contributed by atoms with van der Waals surface area (Å²) in [6, 6.07) is 10.9. The van der Waals surface area contributed by atoms with Gasteiger partial charge >= 0.3 is 0 Å². The summed E-state index contributed by atoms with van der Waals surface area (Å²) in [6.07, 6.45) is 11.8. The van der Waals surface area contributed by atoms with E-state index in [-0.39, 0.29) is 17.8 Å². The second-order valence-electron chi connectivity index (χ2n) is 14.0. The molecule has 0 spiro atoms. The molecular weight excluding hydrogens is 534 g/mol. The predicted molar refractivity (Wildman–Crippen MR) is 167 cm³/mol. The highest BCUT2D eigenvalue weighted by Crippen LogP contribution is 2.54. The first-order valence-corrected chi connectivity index (χ1v) is 17.0. The Morgan fingerprint density at radius 3 is 2.47 bits per heavy atom. The van der Waals surface area contributed by atoms with E-state index in [2.05, 4.69) is 27.7 Å². The van der Waals surface area contributed by atoms with E-state index in [9.17, 15) is 9.59 Å². The van der Waals surface area contributed by atoms with E-state index < -0.39 is 0 Å². The van der Waals surface area contributed by atoms with Gasteiger partial charge in [-0.1, -0.05) is 12.1 Å². The summed E-state index contributed by atoms with van der Waals surface area (Å²) in [6.45, 7) is 5.81. The van der Waals surface area contributed by atoms with Gasteiger partial charge in [0.05, 0.1) is 5.92 Å². The summed E-state index contributed by atoms with van der Waals surface area (Å²) in [7, 11) is 0. The molecule has 3 atom stereocenters. The Labute approximate surface area is 254 Å². The fourth-order valence-electron chi connectivity index (χ4n) is 9.74. The quantitative estimate of drug-likeness (QED) is 0.448. The number of benzene rings is 2. The molecule has 222 valence electrons. The van der Waals surface area contributed by atoms with Crippen molar-refractivity contribution in [3.8, 4) is 5.75 Å². The van der Waals surface area contributed by atoms with Crippen molar-refractivity contribution in [1.29, 1.82) is 0 Å². The number of carbonyl (C=O) groups excluding carboxylic acids is 2. The third kappa shape index (κ3) is 4.08. The maximum Gasteiger partial charge on any atom is 0.253 e. The highest BCUT2D eigenvalue weighted by atomic mass is 16.5. The van der Waals surface area contributed by atoms with Crippen LogP contribution >= 0.6 is 0 Å². The van der Waals surface area contributed by atoms with Crippen LogP contribution in [0, 0.1) is 11.8 Å². The lowest BCUT2D eigenvalue weighted by Crippen LogP contribution is -2.53. The summed E-state index contributed by atoms with van der Waals surface area (Å²) in [4.78, 5) is 29.6. The van der Waals surface area contributed by atoms with Gasteiger partial charge in [-0.15, -0.1) is 0 Å². The van der Waals surface area contributed by atoms with Crippen molar-refractivity contribution < 1.29 is 18.9 Å². The molecule has 6 nitrogen and oxygen atoms in total. The van der Waals surface area contributed by atoms with E-state index in [0.29, 0.717) is 37.8 Å². The summed E-state index contributed by atoms with van der Waals surface area (Å²) in [5, 5.41) is 0. The fraction of sp³-hybridized carbons (Fsp3) is 0.541. The standard InChI is InChI=1S/C37H42N3O3/c41-27-13-19-40(20-14-27)37(42)24-11-9-23(10-12-24)32-30-21-25-5-1-15-38-17-3-7-28(33(25)38)35(30)43-36-29-8-4-18-39-16-2-6-26(34(29)39)22-31(32)36/h9-12,21,26,29,36H,1-8,13-20,22H2/q+1. The maximum atomic E-state index is 13.3. The highest BCUT2D eigenvalue weighted by Gasteiger charge is 2.51. The van der Waals surface area contributed by atoms with Gasteiger partial charge in [0, 0.05) is 80.2 Å². The van der Waals surface area contributed by atoms with Crippen LogP contribution in [0.1, 0.15) is 90.4 Å². The number of Topliss-reactive ketones (excluding diaryl/α,β-unsaturated/α-hetero) is 1. The van der Waals surface area contributed by atoms with Gasteiger partial charge < -0.3 is 14.5 Å². The number of carbonyl (C=O) groups is 2. The minimum atomic E-state index is 0.0435. The molecule has 1 amide bonds. The second-order valence-corrected chi connectivity index (χ2v) is 14.0. The number of likely N-dealkylation sites (tertiary alicyclic amines) is 1. The average molecular weight is 577 g/mol. The summed E-state index contributed by atoms with van der Waals surface area (Å²) in [5.41, 5.74) is 12.2. The number of fused-ring (bicyclic) bond motifs is 4. The van der Waals surface area contributed by atoms with Crippen molar-refractivity contribution in [2.24, 2.45) is 11.8 Å². The number of rotatable bonds is 2. The minimum Gasteiger partial charge on any atom is -0.484 e. The monoisotopic (exact) mass is 576 g/mol. The van der Waals surface area contributed by atoms with E-state index in [1.807, 2.05) is 17.0 Å². The van der Waals surface area contributed by atoms with Crippen molar-refractivity contribution in [2.75, 3.05) is 44.2 Å². The molecule has 1 saturated heterocycles. The molecule has 0 N–H and O–H groups in total. The zero-order chi connectivity index (χ0) is 28.7.